The Morgan fingerprint density at radius 3 is 2.79 bits per heavy atom. The van der Waals surface area contributed by atoms with Crippen molar-refractivity contribution in [3.05, 3.63) is 41.7 Å². The molecular formula is C24H35N5O5. The van der Waals surface area contributed by atoms with Gasteiger partial charge in [-0.3, -0.25) is 4.79 Å². The average molecular weight is 474 g/mol. The van der Waals surface area contributed by atoms with Crippen LogP contribution >= 0.6 is 0 Å². The van der Waals surface area contributed by atoms with Crippen LogP contribution in [0.1, 0.15) is 37.9 Å². The lowest BCUT2D eigenvalue weighted by Crippen LogP contribution is -2.48. The molecule has 186 valence electrons. The molecule has 1 aromatic heterocycles. The van der Waals surface area contributed by atoms with Crippen LogP contribution in [0.15, 0.2) is 30.5 Å². The summed E-state index contributed by atoms with van der Waals surface area (Å²) in [6.45, 7) is 7.16. The summed E-state index contributed by atoms with van der Waals surface area (Å²) in [5.41, 5.74) is 1.89. The highest BCUT2D eigenvalue weighted by Crippen LogP contribution is 2.19. The van der Waals surface area contributed by atoms with E-state index < -0.39 is 6.09 Å². The number of hydrogen-bond donors (Lipinski definition) is 1. The van der Waals surface area contributed by atoms with Crippen LogP contribution in [0.3, 0.4) is 0 Å². The van der Waals surface area contributed by atoms with Crippen LogP contribution in [-0.2, 0) is 22.7 Å². The lowest BCUT2D eigenvalue weighted by atomic mass is 10.0. The predicted molar refractivity (Wildman–Crippen MR) is 125 cm³/mol. The highest BCUT2D eigenvalue weighted by Gasteiger charge is 2.29. The van der Waals surface area contributed by atoms with Crippen molar-refractivity contribution in [2.24, 2.45) is 5.92 Å². The molecule has 0 spiro atoms. The van der Waals surface area contributed by atoms with E-state index in [0.717, 1.165) is 11.3 Å². The van der Waals surface area contributed by atoms with Gasteiger partial charge in [0.2, 0.25) is 5.91 Å². The van der Waals surface area contributed by atoms with Crippen LogP contribution in [0.25, 0.3) is 0 Å². The smallest absolute Gasteiger partial charge is 0.410 e. The molecule has 2 amide bonds. The number of fused-ring (bicyclic) bond motifs is 1. The van der Waals surface area contributed by atoms with Crippen molar-refractivity contribution in [3.8, 4) is 5.75 Å². The quantitative estimate of drug-likeness (QED) is 0.709. The van der Waals surface area contributed by atoms with E-state index in [4.69, 9.17) is 9.47 Å². The second kappa shape index (κ2) is 11.9. The Hall–Kier alpha value is -2.98. The van der Waals surface area contributed by atoms with Crippen LogP contribution in [-0.4, -0.2) is 80.8 Å². The maximum atomic E-state index is 12.9. The SMILES string of the molecule is Cc1ccc(OC(=O)N(C)C[C@@H]2OCc3cnnn3CCCC(=O)N([C@H](C)CO)C[C@@H]2C)cc1. The average Bonchev–Trinajstić information content (AvgIpc) is 3.27. The highest BCUT2D eigenvalue weighted by molar-refractivity contribution is 5.76. The van der Waals surface area contributed by atoms with E-state index in [9.17, 15) is 14.7 Å². The second-order valence-electron chi connectivity index (χ2n) is 9.02. The molecule has 10 nitrogen and oxygen atoms in total. The maximum absolute atomic E-state index is 12.9. The molecular weight excluding hydrogens is 438 g/mol. The summed E-state index contributed by atoms with van der Waals surface area (Å²) in [6, 6.07) is 6.95. The van der Waals surface area contributed by atoms with Crippen molar-refractivity contribution >= 4 is 12.0 Å². The van der Waals surface area contributed by atoms with E-state index in [1.165, 1.54) is 4.90 Å². The Bertz CT molecular complexity index is 947. The monoisotopic (exact) mass is 473 g/mol. The number of carbonyl (C=O) groups excluding carboxylic acids is 2. The Morgan fingerprint density at radius 2 is 2.09 bits per heavy atom. The van der Waals surface area contributed by atoms with Crippen molar-refractivity contribution in [1.29, 1.82) is 0 Å². The first-order valence-corrected chi connectivity index (χ1v) is 11.7. The molecule has 3 atom stereocenters. The molecule has 2 heterocycles. The fraction of sp³-hybridized carbons (Fsp3) is 0.583. The van der Waals surface area contributed by atoms with E-state index >= 15 is 0 Å². The summed E-state index contributed by atoms with van der Waals surface area (Å²) in [7, 11) is 1.66. The molecule has 10 heteroatoms. The lowest BCUT2D eigenvalue weighted by Gasteiger charge is -2.35. The number of ether oxygens (including phenoxy) is 2. The van der Waals surface area contributed by atoms with Crippen molar-refractivity contribution in [1.82, 2.24) is 24.8 Å². The highest BCUT2D eigenvalue weighted by atomic mass is 16.6. The Kier molecular flexibility index (Phi) is 9.00. The minimum atomic E-state index is -0.492. The van der Waals surface area contributed by atoms with Crippen molar-refractivity contribution in [2.75, 3.05) is 26.7 Å². The summed E-state index contributed by atoms with van der Waals surface area (Å²) < 4.78 is 13.5. The molecule has 2 aromatic rings. The van der Waals surface area contributed by atoms with Crippen LogP contribution in [0.2, 0.25) is 0 Å². The van der Waals surface area contributed by atoms with Crippen molar-refractivity contribution in [2.45, 2.75) is 58.9 Å². The minimum Gasteiger partial charge on any atom is -0.410 e. The molecule has 0 unspecified atom stereocenters. The van der Waals surface area contributed by atoms with Crippen molar-refractivity contribution < 1.29 is 24.2 Å². The summed E-state index contributed by atoms with van der Waals surface area (Å²) >= 11 is 0. The Labute approximate surface area is 200 Å². The van der Waals surface area contributed by atoms with Gasteiger partial charge in [0.15, 0.2) is 0 Å². The standard InChI is InChI=1S/C24H35N5O5/c1-17-7-9-21(10-8-17)34-24(32)27(4)14-22-18(2)13-28(19(3)15-30)23(31)6-5-11-29-20(16-33-22)12-25-26-29/h7-10,12,18-19,22,30H,5-6,11,13-16H2,1-4H3/t18-,19+,22-/m0/s1. The van der Waals surface area contributed by atoms with E-state index in [0.29, 0.717) is 31.7 Å². The zero-order chi connectivity index (χ0) is 24.7. The zero-order valence-corrected chi connectivity index (χ0v) is 20.4. The topological polar surface area (TPSA) is 110 Å². The van der Waals surface area contributed by atoms with Gasteiger partial charge in [-0.2, -0.15) is 0 Å². The van der Waals surface area contributed by atoms with Crippen molar-refractivity contribution in [3.63, 3.8) is 0 Å². The number of carbonyl (C=O) groups is 2. The lowest BCUT2D eigenvalue weighted by molar-refractivity contribution is -0.136. The normalized spacial score (nSPS) is 20.6. The number of benzene rings is 1. The molecule has 0 radical (unpaired) electrons. The van der Waals surface area contributed by atoms with Gasteiger partial charge >= 0.3 is 6.09 Å². The van der Waals surface area contributed by atoms with Gasteiger partial charge in [-0.05, 0) is 32.4 Å². The number of aliphatic hydroxyl groups excluding tert-OH is 1. The van der Waals surface area contributed by atoms with Crippen LogP contribution < -0.4 is 4.74 Å². The summed E-state index contributed by atoms with van der Waals surface area (Å²) in [6.07, 6.45) is 1.75. The van der Waals surface area contributed by atoms with Gasteiger partial charge in [0.25, 0.3) is 0 Å². The molecule has 1 aromatic carbocycles. The molecule has 0 saturated heterocycles. The zero-order valence-electron chi connectivity index (χ0n) is 20.4. The number of aliphatic hydroxyl groups is 1. The van der Waals surface area contributed by atoms with Crippen LogP contribution in [0.4, 0.5) is 4.79 Å². The fourth-order valence-corrected chi connectivity index (χ4v) is 3.88. The third-order valence-electron chi connectivity index (χ3n) is 6.13. The minimum absolute atomic E-state index is 0.0264. The van der Waals surface area contributed by atoms with Crippen LogP contribution in [0.5, 0.6) is 5.75 Å². The largest absolute Gasteiger partial charge is 0.415 e. The summed E-state index contributed by atoms with van der Waals surface area (Å²) in [5.74, 6) is 0.330. The number of amides is 2. The molecule has 34 heavy (non-hydrogen) atoms. The van der Waals surface area contributed by atoms with Gasteiger partial charge in [-0.1, -0.05) is 29.8 Å². The molecule has 0 bridgehead atoms. The molecule has 3 rings (SSSR count). The van der Waals surface area contributed by atoms with Gasteiger partial charge in [0.05, 0.1) is 43.8 Å². The van der Waals surface area contributed by atoms with E-state index in [2.05, 4.69) is 10.3 Å². The molecule has 1 aliphatic heterocycles. The maximum Gasteiger partial charge on any atom is 0.415 e. The van der Waals surface area contributed by atoms with Gasteiger partial charge in [0.1, 0.15) is 5.75 Å². The predicted octanol–water partition coefficient (Wildman–Crippen LogP) is 2.24. The number of hydrogen-bond acceptors (Lipinski definition) is 7. The number of likely N-dealkylation sites (N-methyl/N-ethyl adjacent to an activating group) is 1. The van der Waals surface area contributed by atoms with Gasteiger partial charge in [-0.15, -0.1) is 5.10 Å². The molecule has 0 fully saturated rings. The Morgan fingerprint density at radius 1 is 1.35 bits per heavy atom. The first-order chi connectivity index (χ1) is 16.3. The van der Waals surface area contributed by atoms with Crippen LogP contribution in [0, 0.1) is 12.8 Å². The fourth-order valence-electron chi connectivity index (χ4n) is 3.88. The third-order valence-corrected chi connectivity index (χ3v) is 6.13. The second-order valence-corrected chi connectivity index (χ2v) is 9.02. The molecule has 0 aliphatic carbocycles. The van der Waals surface area contributed by atoms with Gasteiger partial charge in [-0.25, -0.2) is 9.48 Å². The molecule has 0 saturated carbocycles. The first-order valence-electron chi connectivity index (χ1n) is 11.7. The number of aryl methyl sites for hydroxylation is 2. The van der Waals surface area contributed by atoms with E-state index in [1.54, 1.807) is 35.0 Å². The van der Waals surface area contributed by atoms with E-state index in [-0.39, 0.29) is 43.7 Å². The summed E-state index contributed by atoms with van der Waals surface area (Å²) in [5, 5.41) is 17.8. The molecule has 1 N–H and O–H groups in total. The summed E-state index contributed by atoms with van der Waals surface area (Å²) in [4.78, 5) is 28.8. The van der Waals surface area contributed by atoms with Gasteiger partial charge < -0.3 is 24.4 Å². The number of rotatable bonds is 5. The van der Waals surface area contributed by atoms with E-state index in [1.807, 2.05) is 32.9 Å². The van der Waals surface area contributed by atoms with Gasteiger partial charge in [0, 0.05) is 32.5 Å². The third kappa shape index (κ3) is 6.77. The number of aromatic nitrogens is 3. The first kappa shape index (κ1) is 25.6. The Balaban J connectivity index is 1.76. The molecule has 1 aliphatic rings. The number of nitrogens with zero attached hydrogens (tertiary/aromatic N) is 5.